The van der Waals surface area contributed by atoms with Crippen LogP contribution in [0, 0.1) is 11.8 Å². The van der Waals surface area contributed by atoms with Gasteiger partial charge < -0.3 is 0 Å². The minimum atomic E-state index is 0.207. The summed E-state index contributed by atoms with van der Waals surface area (Å²) in [6, 6.07) is 7.46. The van der Waals surface area contributed by atoms with E-state index in [-0.39, 0.29) is 6.54 Å². The van der Waals surface area contributed by atoms with Gasteiger partial charge in [0, 0.05) is 15.4 Å². The van der Waals surface area contributed by atoms with Crippen molar-refractivity contribution in [3.63, 3.8) is 0 Å². The zero-order chi connectivity index (χ0) is 9.52. The molecular formula is C9H7N3S. The maximum atomic E-state index is 7.98. The highest BCUT2D eigenvalue weighted by molar-refractivity contribution is 7.80. The Morgan fingerprint density at radius 1 is 1.38 bits per heavy atom. The van der Waals surface area contributed by atoms with Crippen LogP contribution in [-0.2, 0) is 0 Å². The third-order valence-electron chi connectivity index (χ3n) is 1.31. The Labute approximate surface area is 81.8 Å². The molecule has 0 fully saturated rings. The Morgan fingerprint density at radius 3 is 2.69 bits per heavy atom. The Hall–Kier alpha value is -1.56. The van der Waals surface area contributed by atoms with Crippen molar-refractivity contribution in [3.8, 4) is 11.8 Å². The SMILES string of the molecule is [N-]=[N+]=NCC#Cc1ccc(S)cc1. The van der Waals surface area contributed by atoms with E-state index in [2.05, 4.69) is 34.5 Å². The smallest absolute Gasteiger partial charge is 0.0880 e. The quantitative estimate of drug-likeness (QED) is 0.232. The van der Waals surface area contributed by atoms with Crippen molar-refractivity contribution in [1.82, 2.24) is 0 Å². The van der Waals surface area contributed by atoms with E-state index in [1.807, 2.05) is 24.3 Å². The first-order valence-corrected chi connectivity index (χ1v) is 4.06. The number of azide groups is 1. The van der Waals surface area contributed by atoms with Gasteiger partial charge in [0.25, 0.3) is 0 Å². The van der Waals surface area contributed by atoms with E-state index in [4.69, 9.17) is 5.53 Å². The molecule has 1 aromatic carbocycles. The molecule has 64 valence electrons. The molecule has 3 nitrogen and oxygen atoms in total. The molecule has 0 saturated heterocycles. The fourth-order valence-corrected chi connectivity index (χ4v) is 0.902. The first kappa shape index (κ1) is 9.53. The van der Waals surface area contributed by atoms with Crippen LogP contribution in [0.2, 0.25) is 0 Å². The van der Waals surface area contributed by atoms with E-state index < -0.39 is 0 Å². The van der Waals surface area contributed by atoms with Crippen LogP contribution in [0.5, 0.6) is 0 Å². The van der Waals surface area contributed by atoms with Crippen LogP contribution >= 0.6 is 12.6 Å². The van der Waals surface area contributed by atoms with Gasteiger partial charge in [0.15, 0.2) is 0 Å². The summed E-state index contributed by atoms with van der Waals surface area (Å²) in [5.74, 6) is 5.58. The van der Waals surface area contributed by atoms with E-state index in [1.165, 1.54) is 0 Å². The highest BCUT2D eigenvalue weighted by atomic mass is 32.1. The summed E-state index contributed by atoms with van der Waals surface area (Å²) >= 11 is 4.14. The molecule has 1 rings (SSSR count). The van der Waals surface area contributed by atoms with Crippen LogP contribution in [-0.4, -0.2) is 6.54 Å². The third kappa shape index (κ3) is 3.57. The van der Waals surface area contributed by atoms with Crippen molar-refractivity contribution < 1.29 is 0 Å². The van der Waals surface area contributed by atoms with Crippen LogP contribution in [0.15, 0.2) is 34.3 Å². The molecule has 0 atom stereocenters. The van der Waals surface area contributed by atoms with Crippen molar-refractivity contribution in [2.45, 2.75) is 4.90 Å². The van der Waals surface area contributed by atoms with Crippen LogP contribution in [0.25, 0.3) is 10.4 Å². The first-order chi connectivity index (χ1) is 6.33. The van der Waals surface area contributed by atoms with Gasteiger partial charge in [-0.05, 0) is 29.8 Å². The van der Waals surface area contributed by atoms with Crippen molar-refractivity contribution >= 4 is 12.6 Å². The Kier molecular flexibility index (Phi) is 3.77. The fraction of sp³-hybridized carbons (Fsp3) is 0.111. The fourth-order valence-electron chi connectivity index (χ4n) is 0.753. The number of nitrogens with zero attached hydrogens (tertiary/aromatic N) is 3. The molecular weight excluding hydrogens is 182 g/mol. The van der Waals surface area contributed by atoms with E-state index in [0.717, 1.165) is 10.5 Å². The summed E-state index contributed by atoms with van der Waals surface area (Å²) in [4.78, 5) is 3.49. The number of hydrogen-bond donors (Lipinski definition) is 1. The average Bonchev–Trinajstić information content (AvgIpc) is 2.15. The molecule has 13 heavy (non-hydrogen) atoms. The second-order valence-electron chi connectivity index (χ2n) is 2.24. The molecule has 0 N–H and O–H groups in total. The molecule has 4 heteroatoms. The van der Waals surface area contributed by atoms with Crippen molar-refractivity contribution in [1.29, 1.82) is 0 Å². The van der Waals surface area contributed by atoms with E-state index in [0.29, 0.717) is 0 Å². The molecule has 0 saturated carbocycles. The van der Waals surface area contributed by atoms with Gasteiger partial charge in [0.1, 0.15) is 0 Å². The lowest BCUT2D eigenvalue weighted by molar-refractivity contribution is 1.25. The number of benzene rings is 1. The van der Waals surface area contributed by atoms with Crippen LogP contribution < -0.4 is 0 Å². The molecule has 0 spiro atoms. The predicted molar refractivity (Wildman–Crippen MR) is 54.6 cm³/mol. The second-order valence-corrected chi connectivity index (χ2v) is 2.75. The highest BCUT2D eigenvalue weighted by Gasteiger charge is 1.84. The highest BCUT2D eigenvalue weighted by Crippen LogP contribution is 2.06. The summed E-state index contributed by atoms with van der Waals surface area (Å²) in [5, 5.41) is 3.30. The normalized spacial score (nSPS) is 8.08. The van der Waals surface area contributed by atoms with Gasteiger partial charge in [-0.1, -0.05) is 17.0 Å². The van der Waals surface area contributed by atoms with Gasteiger partial charge in [0.05, 0.1) is 6.54 Å². The zero-order valence-corrected chi connectivity index (χ0v) is 7.70. The van der Waals surface area contributed by atoms with Gasteiger partial charge >= 0.3 is 0 Å². The van der Waals surface area contributed by atoms with Gasteiger partial charge in [-0.15, -0.1) is 12.6 Å². The molecule has 0 aliphatic heterocycles. The Bertz CT molecular complexity index is 380. The Morgan fingerprint density at radius 2 is 2.08 bits per heavy atom. The number of hydrogen-bond acceptors (Lipinski definition) is 2. The molecule has 0 heterocycles. The predicted octanol–water partition coefficient (Wildman–Crippen LogP) is 2.64. The van der Waals surface area contributed by atoms with Gasteiger partial charge in [-0.3, -0.25) is 0 Å². The second kappa shape index (κ2) is 5.15. The van der Waals surface area contributed by atoms with Crippen LogP contribution in [0.1, 0.15) is 5.56 Å². The van der Waals surface area contributed by atoms with Crippen molar-refractivity contribution in [2.75, 3.05) is 6.54 Å². The summed E-state index contributed by atoms with van der Waals surface area (Å²) in [7, 11) is 0. The standard InChI is InChI=1S/C9H7N3S/c10-12-11-7-1-2-8-3-5-9(13)6-4-8/h3-6,13H,7H2. The van der Waals surface area contributed by atoms with Gasteiger partial charge in [-0.2, -0.15) is 0 Å². The van der Waals surface area contributed by atoms with Crippen LogP contribution in [0.3, 0.4) is 0 Å². The lowest BCUT2D eigenvalue weighted by atomic mass is 10.2. The van der Waals surface area contributed by atoms with E-state index >= 15 is 0 Å². The lowest BCUT2D eigenvalue weighted by Crippen LogP contribution is -1.74. The molecule has 0 amide bonds. The molecule has 0 unspecified atom stereocenters. The minimum Gasteiger partial charge on any atom is -0.143 e. The molecule has 0 aliphatic carbocycles. The topological polar surface area (TPSA) is 48.8 Å². The average molecular weight is 189 g/mol. The van der Waals surface area contributed by atoms with Gasteiger partial charge in [0.2, 0.25) is 0 Å². The van der Waals surface area contributed by atoms with Crippen LogP contribution in [0.4, 0.5) is 0 Å². The van der Waals surface area contributed by atoms with E-state index in [1.54, 1.807) is 0 Å². The maximum Gasteiger partial charge on any atom is 0.0880 e. The van der Waals surface area contributed by atoms with Crippen molar-refractivity contribution in [2.24, 2.45) is 5.11 Å². The molecule has 0 aromatic heterocycles. The van der Waals surface area contributed by atoms with Crippen molar-refractivity contribution in [3.05, 3.63) is 40.3 Å². The monoisotopic (exact) mass is 189 g/mol. The summed E-state index contributed by atoms with van der Waals surface area (Å²) in [5.41, 5.74) is 8.87. The third-order valence-corrected chi connectivity index (χ3v) is 1.61. The summed E-state index contributed by atoms with van der Waals surface area (Å²) < 4.78 is 0. The maximum absolute atomic E-state index is 7.98. The molecule has 0 radical (unpaired) electrons. The zero-order valence-electron chi connectivity index (χ0n) is 6.81. The Balaban J connectivity index is 2.66. The summed E-state index contributed by atoms with van der Waals surface area (Å²) in [6.07, 6.45) is 0. The van der Waals surface area contributed by atoms with Gasteiger partial charge in [-0.25, -0.2) is 0 Å². The van der Waals surface area contributed by atoms with E-state index in [9.17, 15) is 0 Å². The first-order valence-electron chi connectivity index (χ1n) is 3.61. The molecule has 0 bridgehead atoms. The summed E-state index contributed by atoms with van der Waals surface area (Å²) in [6.45, 7) is 0.207. The number of thiol groups is 1. The minimum absolute atomic E-state index is 0.207. The largest absolute Gasteiger partial charge is 0.143 e. The lowest BCUT2D eigenvalue weighted by Gasteiger charge is -1.89. The number of rotatable bonds is 1. The molecule has 1 aromatic rings. The molecule has 0 aliphatic rings.